The Labute approximate surface area is 98.5 Å². The second-order valence-electron chi connectivity index (χ2n) is 3.44. The van der Waals surface area contributed by atoms with Gasteiger partial charge in [0.1, 0.15) is 5.82 Å². The van der Waals surface area contributed by atoms with Crippen molar-refractivity contribution in [1.82, 2.24) is 0 Å². The summed E-state index contributed by atoms with van der Waals surface area (Å²) in [5, 5.41) is 0. The molecule has 0 bridgehead atoms. The number of benzene rings is 2. The normalized spacial score (nSPS) is 10.4. The van der Waals surface area contributed by atoms with Gasteiger partial charge in [0.2, 0.25) is 0 Å². The van der Waals surface area contributed by atoms with Gasteiger partial charge in [-0.05, 0) is 35.6 Å². The molecule has 2 aromatic rings. The van der Waals surface area contributed by atoms with Crippen molar-refractivity contribution < 1.29 is 4.39 Å². The predicted molar refractivity (Wildman–Crippen MR) is 68.0 cm³/mol. The summed E-state index contributed by atoms with van der Waals surface area (Å²) in [4.78, 5) is 1.16. The first-order valence-electron chi connectivity index (χ1n) is 4.91. The number of nitrogen functional groups attached to an aromatic ring is 1. The van der Waals surface area contributed by atoms with E-state index in [4.69, 9.17) is 5.73 Å². The minimum atomic E-state index is -0.370. The minimum absolute atomic E-state index is 0.188. The van der Waals surface area contributed by atoms with Crippen molar-refractivity contribution >= 4 is 17.4 Å². The van der Waals surface area contributed by atoms with Gasteiger partial charge in [0, 0.05) is 4.90 Å². The van der Waals surface area contributed by atoms with Crippen LogP contribution in [0.3, 0.4) is 0 Å². The molecule has 2 aromatic carbocycles. The molecule has 0 atom stereocenters. The smallest absolute Gasteiger partial charge is 0.146 e. The number of anilines is 1. The van der Waals surface area contributed by atoms with Gasteiger partial charge in [0.25, 0.3) is 0 Å². The van der Waals surface area contributed by atoms with E-state index in [9.17, 15) is 4.39 Å². The first-order valence-corrected chi connectivity index (χ1v) is 6.13. The second-order valence-corrected chi connectivity index (χ2v) is 4.28. The van der Waals surface area contributed by atoms with Crippen molar-refractivity contribution in [3.63, 3.8) is 0 Å². The summed E-state index contributed by atoms with van der Waals surface area (Å²) >= 11 is 1.67. The molecule has 0 aliphatic carbocycles. The van der Waals surface area contributed by atoms with Crippen LogP contribution in [0.5, 0.6) is 0 Å². The van der Waals surface area contributed by atoms with Crippen LogP contribution < -0.4 is 5.73 Å². The van der Waals surface area contributed by atoms with Crippen LogP contribution in [-0.2, 0) is 0 Å². The van der Waals surface area contributed by atoms with E-state index in [0.717, 1.165) is 16.0 Å². The summed E-state index contributed by atoms with van der Waals surface area (Å²) < 4.78 is 13.1. The standard InChI is InChI=1S/C13H12FNS/c1-16-13-5-3-2-4-10(13)9-6-7-11(14)12(15)8-9/h2-8H,15H2,1H3. The van der Waals surface area contributed by atoms with Gasteiger partial charge in [0.15, 0.2) is 0 Å². The van der Waals surface area contributed by atoms with Crippen molar-refractivity contribution in [2.45, 2.75) is 4.90 Å². The number of hydrogen-bond acceptors (Lipinski definition) is 2. The van der Waals surface area contributed by atoms with E-state index in [-0.39, 0.29) is 11.5 Å². The molecule has 0 spiro atoms. The largest absolute Gasteiger partial charge is 0.396 e. The molecule has 2 N–H and O–H groups in total. The highest BCUT2D eigenvalue weighted by molar-refractivity contribution is 7.98. The van der Waals surface area contributed by atoms with Gasteiger partial charge in [0.05, 0.1) is 5.69 Å². The Morgan fingerprint density at radius 2 is 1.88 bits per heavy atom. The molecule has 0 aliphatic rings. The summed E-state index contributed by atoms with van der Waals surface area (Å²) in [7, 11) is 0. The monoisotopic (exact) mass is 233 g/mol. The summed E-state index contributed by atoms with van der Waals surface area (Å²) in [5.74, 6) is -0.370. The van der Waals surface area contributed by atoms with Crippen LogP contribution >= 0.6 is 11.8 Å². The van der Waals surface area contributed by atoms with Crippen LogP contribution in [-0.4, -0.2) is 6.26 Å². The first kappa shape index (κ1) is 11.0. The Kier molecular flexibility index (Phi) is 3.15. The van der Waals surface area contributed by atoms with Crippen LogP contribution in [0, 0.1) is 5.82 Å². The van der Waals surface area contributed by atoms with Gasteiger partial charge in [-0.25, -0.2) is 4.39 Å². The highest BCUT2D eigenvalue weighted by Gasteiger charge is 2.05. The first-order chi connectivity index (χ1) is 7.72. The number of thioether (sulfide) groups is 1. The average Bonchev–Trinajstić information content (AvgIpc) is 2.32. The maximum atomic E-state index is 13.1. The Bertz CT molecular complexity index is 511. The van der Waals surface area contributed by atoms with E-state index < -0.39 is 0 Å². The van der Waals surface area contributed by atoms with Crippen molar-refractivity contribution in [2.24, 2.45) is 0 Å². The van der Waals surface area contributed by atoms with Crippen LogP contribution in [0.25, 0.3) is 11.1 Å². The van der Waals surface area contributed by atoms with Crippen molar-refractivity contribution in [2.75, 3.05) is 12.0 Å². The van der Waals surface area contributed by atoms with Gasteiger partial charge in [-0.15, -0.1) is 11.8 Å². The summed E-state index contributed by atoms with van der Waals surface area (Å²) in [6.07, 6.45) is 2.02. The zero-order valence-corrected chi connectivity index (χ0v) is 9.72. The lowest BCUT2D eigenvalue weighted by atomic mass is 10.1. The molecule has 0 unspecified atom stereocenters. The fraction of sp³-hybridized carbons (Fsp3) is 0.0769. The molecular weight excluding hydrogens is 221 g/mol. The van der Waals surface area contributed by atoms with E-state index in [1.165, 1.54) is 6.07 Å². The molecule has 0 saturated heterocycles. The van der Waals surface area contributed by atoms with Gasteiger partial charge in [-0.3, -0.25) is 0 Å². The molecular formula is C13H12FNS. The van der Waals surface area contributed by atoms with Gasteiger partial charge in [-0.2, -0.15) is 0 Å². The van der Waals surface area contributed by atoms with Crippen molar-refractivity contribution in [3.05, 3.63) is 48.3 Å². The van der Waals surface area contributed by atoms with E-state index in [1.807, 2.05) is 30.5 Å². The Balaban J connectivity index is 2.54. The van der Waals surface area contributed by atoms with Gasteiger partial charge in [-0.1, -0.05) is 24.3 Å². The Hall–Kier alpha value is -1.48. The molecule has 16 heavy (non-hydrogen) atoms. The second kappa shape index (κ2) is 4.58. The maximum absolute atomic E-state index is 13.1. The number of hydrogen-bond donors (Lipinski definition) is 1. The third-order valence-corrected chi connectivity index (χ3v) is 3.21. The topological polar surface area (TPSA) is 26.0 Å². The highest BCUT2D eigenvalue weighted by Crippen LogP contribution is 2.31. The summed E-state index contributed by atoms with van der Waals surface area (Å²) in [5.41, 5.74) is 7.79. The Morgan fingerprint density at radius 3 is 2.56 bits per heavy atom. The van der Waals surface area contributed by atoms with Crippen molar-refractivity contribution in [1.29, 1.82) is 0 Å². The van der Waals surface area contributed by atoms with Crippen LogP contribution in [0.15, 0.2) is 47.4 Å². The fourth-order valence-corrected chi connectivity index (χ4v) is 2.21. The van der Waals surface area contributed by atoms with E-state index >= 15 is 0 Å². The van der Waals surface area contributed by atoms with Gasteiger partial charge >= 0.3 is 0 Å². The van der Waals surface area contributed by atoms with Crippen LogP contribution in [0.2, 0.25) is 0 Å². The fourth-order valence-electron chi connectivity index (χ4n) is 1.59. The molecule has 0 heterocycles. The molecule has 0 aliphatic heterocycles. The lowest BCUT2D eigenvalue weighted by molar-refractivity contribution is 0.632. The minimum Gasteiger partial charge on any atom is -0.396 e. The summed E-state index contributed by atoms with van der Waals surface area (Å²) in [6, 6.07) is 12.8. The highest BCUT2D eigenvalue weighted by atomic mass is 32.2. The van der Waals surface area contributed by atoms with Gasteiger partial charge < -0.3 is 5.73 Å². The average molecular weight is 233 g/mol. The molecule has 82 valence electrons. The quantitative estimate of drug-likeness (QED) is 0.630. The molecule has 3 heteroatoms. The van der Waals surface area contributed by atoms with E-state index in [0.29, 0.717) is 0 Å². The zero-order valence-electron chi connectivity index (χ0n) is 8.91. The van der Waals surface area contributed by atoms with E-state index in [2.05, 4.69) is 0 Å². The molecule has 1 nitrogen and oxygen atoms in total. The zero-order chi connectivity index (χ0) is 11.5. The van der Waals surface area contributed by atoms with E-state index in [1.54, 1.807) is 23.9 Å². The lowest BCUT2D eigenvalue weighted by Gasteiger charge is -2.08. The molecule has 0 fully saturated rings. The third-order valence-electron chi connectivity index (χ3n) is 2.41. The van der Waals surface area contributed by atoms with Crippen molar-refractivity contribution in [3.8, 4) is 11.1 Å². The number of halogens is 1. The molecule has 0 aromatic heterocycles. The molecule has 0 saturated carbocycles. The van der Waals surface area contributed by atoms with Crippen LogP contribution in [0.1, 0.15) is 0 Å². The lowest BCUT2D eigenvalue weighted by Crippen LogP contribution is -1.91. The Morgan fingerprint density at radius 1 is 1.12 bits per heavy atom. The maximum Gasteiger partial charge on any atom is 0.146 e. The molecule has 2 rings (SSSR count). The number of rotatable bonds is 2. The third kappa shape index (κ3) is 2.04. The number of nitrogens with two attached hydrogens (primary N) is 1. The summed E-state index contributed by atoms with van der Waals surface area (Å²) in [6.45, 7) is 0. The predicted octanol–water partition coefficient (Wildman–Crippen LogP) is 3.80. The molecule has 0 radical (unpaired) electrons. The van der Waals surface area contributed by atoms with Crippen LogP contribution in [0.4, 0.5) is 10.1 Å². The SMILES string of the molecule is CSc1ccccc1-c1ccc(F)c(N)c1. The molecule has 0 amide bonds.